The standard InChI is InChI=1S/C19H18ClN3O5/c1-25-14-7-5-12(20)9-13(14)19(24)21-10-17-22-18(23-28-17)11-4-6-15(26-2)16(8-11)27-3/h4-9H,10H2,1-3H3,(H,21,24). The first kappa shape index (κ1) is 19.5. The summed E-state index contributed by atoms with van der Waals surface area (Å²) < 4.78 is 20.9. The first-order valence-electron chi connectivity index (χ1n) is 8.22. The van der Waals surface area contributed by atoms with Crippen LogP contribution < -0.4 is 19.5 Å². The van der Waals surface area contributed by atoms with Gasteiger partial charge in [0.2, 0.25) is 11.7 Å². The molecule has 0 aliphatic rings. The Balaban J connectivity index is 1.72. The van der Waals surface area contributed by atoms with Crippen molar-refractivity contribution in [2.75, 3.05) is 21.3 Å². The van der Waals surface area contributed by atoms with Gasteiger partial charge in [-0.25, -0.2) is 0 Å². The number of methoxy groups -OCH3 is 3. The maximum absolute atomic E-state index is 12.4. The van der Waals surface area contributed by atoms with E-state index in [1.807, 2.05) is 0 Å². The molecule has 1 amide bonds. The number of aromatic nitrogens is 2. The minimum atomic E-state index is -0.370. The van der Waals surface area contributed by atoms with Gasteiger partial charge in [0.15, 0.2) is 11.5 Å². The largest absolute Gasteiger partial charge is 0.496 e. The van der Waals surface area contributed by atoms with Crippen molar-refractivity contribution in [1.29, 1.82) is 0 Å². The van der Waals surface area contributed by atoms with Gasteiger partial charge in [0.05, 0.1) is 33.4 Å². The molecule has 0 unspecified atom stereocenters. The second-order valence-electron chi connectivity index (χ2n) is 5.61. The molecule has 8 nitrogen and oxygen atoms in total. The van der Waals surface area contributed by atoms with Crippen LogP contribution in [0.4, 0.5) is 0 Å². The molecule has 28 heavy (non-hydrogen) atoms. The van der Waals surface area contributed by atoms with Crippen LogP contribution in [-0.2, 0) is 6.54 Å². The lowest BCUT2D eigenvalue weighted by Gasteiger charge is -2.08. The quantitative estimate of drug-likeness (QED) is 0.646. The molecule has 0 saturated carbocycles. The molecule has 0 radical (unpaired) electrons. The van der Waals surface area contributed by atoms with Gasteiger partial charge in [-0.3, -0.25) is 4.79 Å². The minimum absolute atomic E-state index is 0.0504. The molecular formula is C19H18ClN3O5. The van der Waals surface area contributed by atoms with E-state index < -0.39 is 0 Å². The Bertz CT molecular complexity index is 989. The Hall–Kier alpha value is -3.26. The molecule has 0 fully saturated rings. The third kappa shape index (κ3) is 4.17. The molecule has 0 saturated heterocycles. The maximum atomic E-state index is 12.4. The second kappa shape index (κ2) is 8.62. The van der Waals surface area contributed by atoms with Crippen LogP contribution in [0.1, 0.15) is 16.2 Å². The molecule has 0 aliphatic heterocycles. The monoisotopic (exact) mass is 403 g/mol. The summed E-state index contributed by atoms with van der Waals surface area (Å²) in [7, 11) is 4.58. The number of rotatable bonds is 7. The Morgan fingerprint density at radius 2 is 1.75 bits per heavy atom. The van der Waals surface area contributed by atoms with Crippen LogP contribution in [0.3, 0.4) is 0 Å². The van der Waals surface area contributed by atoms with Crippen LogP contribution in [0, 0.1) is 0 Å². The number of halogens is 1. The van der Waals surface area contributed by atoms with Gasteiger partial charge in [-0.15, -0.1) is 0 Å². The third-order valence-corrected chi connectivity index (χ3v) is 4.15. The van der Waals surface area contributed by atoms with E-state index >= 15 is 0 Å². The molecule has 0 bridgehead atoms. The van der Waals surface area contributed by atoms with E-state index in [1.54, 1.807) is 44.6 Å². The average Bonchev–Trinajstić information content (AvgIpc) is 3.20. The van der Waals surface area contributed by atoms with Gasteiger partial charge in [0, 0.05) is 10.6 Å². The molecule has 1 aromatic heterocycles. The van der Waals surface area contributed by atoms with E-state index in [9.17, 15) is 4.79 Å². The summed E-state index contributed by atoms with van der Waals surface area (Å²) >= 11 is 5.96. The summed E-state index contributed by atoms with van der Waals surface area (Å²) in [5, 5.41) is 7.07. The van der Waals surface area contributed by atoms with Gasteiger partial charge in [0.1, 0.15) is 5.75 Å². The van der Waals surface area contributed by atoms with Crippen molar-refractivity contribution in [3.05, 3.63) is 52.9 Å². The zero-order valence-electron chi connectivity index (χ0n) is 15.5. The molecule has 0 spiro atoms. The van der Waals surface area contributed by atoms with Crippen molar-refractivity contribution in [3.8, 4) is 28.6 Å². The van der Waals surface area contributed by atoms with Crippen molar-refractivity contribution >= 4 is 17.5 Å². The van der Waals surface area contributed by atoms with Crippen LogP contribution in [0.5, 0.6) is 17.2 Å². The van der Waals surface area contributed by atoms with Gasteiger partial charge < -0.3 is 24.1 Å². The molecule has 2 aromatic carbocycles. The minimum Gasteiger partial charge on any atom is -0.496 e. The Kier molecular flexibility index (Phi) is 6.00. The summed E-state index contributed by atoms with van der Waals surface area (Å²) in [6.07, 6.45) is 0. The number of carbonyl (C=O) groups is 1. The Labute approximate surface area is 166 Å². The van der Waals surface area contributed by atoms with Crippen LogP contribution in [0.25, 0.3) is 11.4 Å². The summed E-state index contributed by atoms with van der Waals surface area (Å²) in [6.45, 7) is 0.0504. The van der Waals surface area contributed by atoms with Crippen LogP contribution in [0.2, 0.25) is 5.02 Å². The van der Waals surface area contributed by atoms with Crippen molar-refractivity contribution in [1.82, 2.24) is 15.5 Å². The maximum Gasteiger partial charge on any atom is 0.255 e. The summed E-state index contributed by atoms with van der Waals surface area (Å²) in [4.78, 5) is 16.7. The van der Waals surface area contributed by atoms with E-state index in [0.717, 1.165) is 0 Å². The smallest absolute Gasteiger partial charge is 0.255 e. The van der Waals surface area contributed by atoms with Crippen LogP contribution in [-0.4, -0.2) is 37.4 Å². The number of nitrogens with one attached hydrogen (secondary N) is 1. The topological polar surface area (TPSA) is 95.7 Å². The fourth-order valence-electron chi connectivity index (χ4n) is 2.53. The van der Waals surface area contributed by atoms with Crippen molar-refractivity contribution in [2.45, 2.75) is 6.54 Å². The Morgan fingerprint density at radius 3 is 2.46 bits per heavy atom. The molecule has 0 atom stereocenters. The molecule has 1 N–H and O–H groups in total. The van der Waals surface area contributed by atoms with E-state index in [1.165, 1.54) is 13.2 Å². The summed E-state index contributed by atoms with van der Waals surface area (Å²) in [6, 6.07) is 10.1. The SMILES string of the molecule is COc1ccc(-c2noc(CNC(=O)c3cc(Cl)ccc3OC)n2)cc1OC. The van der Waals surface area contributed by atoms with Gasteiger partial charge >= 0.3 is 0 Å². The molecule has 1 heterocycles. The fraction of sp³-hybridized carbons (Fsp3) is 0.211. The molecule has 0 aliphatic carbocycles. The highest BCUT2D eigenvalue weighted by molar-refractivity contribution is 6.31. The number of hydrogen-bond donors (Lipinski definition) is 1. The first-order valence-corrected chi connectivity index (χ1v) is 8.60. The van der Waals surface area contributed by atoms with Gasteiger partial charge in [-0.1, -0.05) is 16.8 Å². The number of ether oxygens (including phenoxy) is 3. The third-order valence-electron chi connectivity index (χ3n) is 3.92. The highest BCUT2D eigenvalue weighted by atomic mass is 35.5. The van der Waals surface area contributed by atoms with E-state index in [2.05, 4.69) is 15.5 Å². The number of carbonyl (C=O) groups excluding carboxylic acids is 1. The molecule has 146 valence electrons. The van der Waals surface area contributed by atoms with Crippen LogP contribution in [0.15, 0.2) is 40.9 Å². The molecule has 9 heteroatoms. The molecule has 3 rings (SSSR count). The lowest BCUT2D eigenvalue weighted by atomic mass is 10.2. The zero-order chi connectivity index (χ0) is 20.1. The highest BCUT2D eigenvalue weighted by Crippen LogP contribution is 2.31. The number of hydrogen-bond acceptors (Lipinski definition) is 7. The van der Waals surface area contributed by atoms with Crippen LogP contribution >= 0.6 is 11.6 Å². The number of nitrogens with zero attached hydrogens (tertiary/aromatic N) is 2. The molecule has 3 aromatic rings. The van der Waals surface area contributed by atoms with E-state index in [4.69, 9.17) is 30.3 Å². The van der Waals surface area contributed by atoms with Crippen molar-refractivity contribution in [3.63, 3.8) is 0 Å². The fourth-order valence-corrected chi connectivity index (χ4v) is 2.70. The van der Waals surface area contributed by atoms with Gasteiger partial charge in [-0.2, -0.15) is 4.98 Å². The van der Waals surface area contributed by atoms with E-state index in [-0.39, 0.29) is 18.3 Å². The number of amides is 1. The molecular weight excluding hydrogens is 386 g/mol. The lowest BCUT2D eigenvalue weighted by molar-refractivity contribution is 0.0943. The van der Waals surface area contributed by atoms with Crippen molar-refractivity contribution in [2.24, 2.45) is 0 Å². The highest BCUT2D eigenvalue weighted by Gasteiger charge is 2.16. The van der Waals surface area contributed by atoms with Gasteiger partial charge in [-0.05, 0) is 36.4 Å². The summed E-state index contributed by atoms with van der Waals surface area (Å²) in [5.41, 5.74) is 1.00. The zero-order valence-corrected chi connectivity index (χ0v) is 16.2. The number of benzene rings is 2. The summed E-state index contributed by atoms with van der Waals surface area (Å²) in [5.74, 6) is 1.80. The lowest BCUT2D eigenvalue weighted by Crippen LogP contribution is -2.23. The average molecular weight is 404 g/mol. The first-order chi connectivity index (χ1) is 13.5. The second-order valence-corrected chi connectivity index (χ2v) is 6.05. The van der Waals surface area contributed by atoms with E-state index in [0.29, 0.717) is 39.2 Å². The van der Waals surface area contributed by atoms with Gasteiger partial charge in [0.25, 0.3) is 5.91 Å². The van der Waals surface area contributed by atoms with Crippen molar-refractivity contribution < 1.29 is 23.5 Å². The predicted octanol–water partition coefficient (Wildman–Crippen LogP) is 3.35. The Morgan fingerprint density at radius 1 is 1.04 bits per heavy atom. The predicted molar refractivity (Wildman–Crippen MR) is 102 cm³/mol. The normalized spacial score (nSPS) is 10.4.